The number of hydrogen-bond acceptors (Lipinski definition) is 3. The van der Waals surface area contributed by atoms with Crippen molar-refractivity contribution in [1.29, 1.82) is 0 Å². The molecule has 0 aromatic rings. The lowest BCUT2D eigenvalue weighted by atomic mass is 9.86. The average Bonchev–Trinajstić information content (AvgIpc) is 2.03. The van der Waals surface area contributed by atoms with Crippen molar-refractivity contribution < 1.29 is 9.53 Å². The maximum Gasteiger partial charge on any atom is 0.302 e. The van der Waals surface area contributed by atoms with Gasteiger partial charge in [-0.1, -0.05) is 12.8 Å². The lowest BCUT2D eigenvalue weighted by Crippen LogP contribution is -2.36. The van der Waals surface area contributed by atoms with Crippen LogP contribution in [0.25, 0.3) is 0 Å². The van der Waals surface area contributed by atoms with Crippen LogP contribution in [0.3, 0.4) is 0 Å². The predicted molar refractivity (Wildman–Crippen MR) is 46.6 cm³/mol. The van der Waals surface area contributed by atoms with E-state index in [2.05, 4.69) is 0 Å². The van der Waals surface area contributed by atoms with Crippen LogP contribution in [0, 0.1) is 5.92 Å². The van der Waals surface area contributed by atoms with E-state index >= 15 is 0 Å². The molecule has 0 heterocycles. The molecular weight excluding hydrogens is 154 g/mol. The number of ether oxygens (including phenoxy) is 1. The minimum absolute atomic E-state index is 0.201. The lowest BCUT2D eigenvalue weighted by molar-refractivity contribution is -0.142. The van der Waals surface area contributed by atoms with Gasteiger partial charge < -0.3 is 10.5 Å². The van der Waals surface area contributed by atoms with Gasteiger partial charge in [0, 0.05) is 18.9 Å². The van der Waals surface area contributed by atoms with Gasteiger partial charge in [-0.15, -0.1) is 0 Å². The maximum atomic E-state index is 10.5. The van der Waals surface area contributed by atoms with E-state index in [9.17, 15) is 4.79 Å². The Hall–Kier alpha value is -0.570. The van der Waals surface area contributed by atoms with Gasteiger partial charge in [0.25, 0.3) is 0 Å². The molecule has 0 aliphatic heterocycles. The molecule has 12 heavy (non-hydrogen) atoms. The van der Waals surface area contributed by atoms with Gasteiger partial charge >= 0.3 is 5.97 Å². The largest absolute Gasteiger partial charge is 0.466 e. The Morgan fingerprint density at radius 2 is 2.17 bits per heavy atom. The molecule has 0 unspecified atom stereocenters. The molecule has 0 spiro atoms. The normalized spacial score (nSPS) is 29.8. The van der Waals surface area contributed by atoms with Crippen LogP contribution in [0.4, 0.5) is 0 Å². The molecule has 0 aromatic carbocycles. The summed E-state index contributed by atoms with van der Waals surface area (Å²) in [5.74, 6) is 0.190. The van der Waals surface area contributed by atoms with Crippen LogP contribution in [0.2, 0.25) is 0 Å². The van der Waals surface area contributed by atoms with Crippen LogP contribution in [0.5, 0.6) is 0 Å². The quantitative estimate of drug-likeness (QED) is 0.632. The van der Waals surface area contributed by atoms with Crippen LogP contribution in [0.15, 0.2) is 0 Å². The van der Waals surface area contributed by atoms with E-state index in [1.54, 1.807) is 0 Å². The van der Waals surface area contributed by atoms with Crippen LogP contribution in [-0.2, 0) is 9.53 Å². The summed E-state index contributed by atoms with van der Waals surface area (Å²) in [6, 6.07) is 0.234. The summed E-state index contributed by atoms with van der Waals surface area (Å²) in [6.07, 6.45) is 4.62. The van der Waals surface area contributed by atoms with Gasteiger partial charge in [-0.05, 0) is 12.8 Å². The third-order valence-electron chi connectivity index (χ3n) is 2.47. The van der Waals surface area contributed by atoms with Crippen molar-refractivity contribution in [3.05, 3.63) is 0 Å². The summed E-state index contributed by atoms with van der Waals surface area (Å²) in [7, 11) is 0. The van der Waals surface area contributed by atoms with Crippen LogP contribution in [-0.4, -0.2) is 18.6 Å². The summed E-state index contributed by atoms with van der Waals surface area (Å²) >= 11 is 0. The van der Waals surface area contributed by atoms with Gasteiger partial charge in [-0.3, -0.25) is 4.79 Å². The average molecular weight is 171 g/mol. The number of esters is 1. The molecule has 0 amide bonds. The van der Waals surface area contributed by atoms with E-state index in [1.807, 2.05) is 0 Å². The van der Waals surface area contributed by atoms with Crippen molar-refractivity contribution in [2.24, 2.45) is 11.7 Å². The summed E-state index contributed by atoms with van der Waals surface area (Å²) in [6.45, 7) is 1.95. The first-order valence-electron chi connectivity index (χ1n) is 4.59. The van der Waals surface area contributed by atoms with Crippen molar-refractivity contribution in [3.8, 4) is 0 Å². The summed E-state index contributed by atoms with van der Waals surface area (Å²) in [5, 5.41) is 0. The van der Waals surface area contributed by atoms with Crippen molar-refractivity contribution in [1.82, 2.24) is 0 Å². The third-order valence-corrected chi connectivity index (χ3v) is 2.47. The van der Waals surface area contributed by atoms with Gasteiger partial charge in [-0.25, -0.2) is 0 Å². The Labute approximate surface area is 73.3 Å². The second-order valence-corrected chi connectivity index (χ2v) is 3.51. The molecule has 0 aromatic heterocycles. The fourth-order valence-electron chi connectivity index (χ4n) is 1.67. The van der Waals surface area contributed by atoms with Crippen molar-refractivity contribution >= 4 is 5.97 Å². The van der Waals surface area contributed by atoms with Gasteiger partial charge in [0.05, 0.1) is 6.61 Å². The van der Waals surface area contributed by atoms with E-state index in [-0.39, 0.29) is 12.0 Å². The van der Waals surface area contributed by atoms with Crippen molar-refractivity contribution in [3.63, 3.8) is 0 Å². The molecule has 2 atom stereocenters. The topological polar surface area (TPSA) is 52.3 Å². The Balaban J connectivity index is 2.24. The van der Waals surface area contributed by atoms with Crippen LogP contribution >= 0.6 is 0 Å². The molecule has 1 rings (SSSR count). The van der Waals surface area contributed by atoms with E-state index in [4.69, 9.17) is 10.5 Å². The zero-order chi connectivity index (χ0) is 8.97. The zero-order valence-electron chi connectivity index (χ0n) is 7.58. The van der Waals surface area contributed by atoms with E-state index in [0.717, 1.165) is 12.8 Å². The standard InChI is InChI=1S/C9H17NO2/c1-7(11)12-6-8-4-2-3-5-9(8)10/h8-9H,2-6,10H2,1H3/t8-,9+/m0/s1. The van der Waals surface area contributed by atoms with Gasteiger partial charge in [-0.2, -0.15) is 0 Å². The molecule has 0 saturated heterocycles. The van der Waals surface area contributed by atoms with E-state index in [0.29, 0.717) is 12.5 Å². The number of rotatable bonds is 2. The molecule has 1 fully saturated rings. The highest BCUT2D eigenvalue weighted by Crippen LogP contribution is 2.22. The lowest BCUT2D eigenvalue weighted by Gasteiger charge is -2.27. The fourth-order valence-corrected chi connectivity index (χ4v) is 1.67. The fraction of sp³-hybridized carbons (Fsp3) is 0.889. The molecule has 2 N–H and O–H groups in total. The molecule has 3 heteroatoms. The number of hydrogen-bond donors (Lipinski definition) is 1. The first-order chi connectivity index (χ1) is 5.70. The SMILES string of the molecule is CC(=O)OC[C@@H]1CCCC[C@H]1N. The minimum Gasteiger partial charge on any atom is -0.466 e. The molecule has 1 aliphatic carbocycles. The van der Waals surface area contributed by atoms with E-state index < -0.39 is 0 Å². The van der Waals surface area contributed by atoms with Gasteiger partial charge in [0.1, 0.15) is 0 Å². The number of carbonyl (C=O) groups excluding carboxylic acids is 1. The monoisotopic (exact) mass is 171 g/mol. The highest BCUT2D eigenvalue weighted by atomic mass is 16.5. The number of carbonyl (C=O) groups is 1. The Morgan fingerprint density at radius 1 is 1.50 bits per heavy atom. The minimum atomic E-state index is -0.201. The smallest absolute Gasteiger partial charge is 0.302 e. The van der Waals surface area contributed by atoms with Crippen LogP contribution < -0.4 is 5.73 Å². The molecule has 1 aliphatic rings. The zero-order valence-corrected chi connectivity index (χ0v) is 7.58. The third kappa shape index (κ3) is 2.81. The molecular formula is C9H17NO2. The highest BCUT2D eigenvalue weighted by Gasteiger charge is 2.22. The van der Waals surface area contributed by atoms with Crippen molar-refractivity contribution in [2.75, 3.05) is 6.61 Å². The predicted octanol–water partition coefficient (Wildman–Crippen LogP) is 1.07. The Morgan fingerprint density at radius 3 is 2.75 bits per heavy atom. The molecule has 0 radical (unpaired) electrons. The summed E-state index contributed by atoms with van der Waals surface area (Å²) in [4.78, 5) is 10.5. The second-order valence-electron chi connectivity index (χ2n) is 3.51. The molecule has 1 saturated carbocycles. The summed E-state index contributed by atoms with van der Waals surface area (Å²) in [5.41, 5.74) is 5.87. The highest BCUT2D eigenvalue weighted by molar-refractivity contribution is 5.65. The van der Waals surface area contributed by atoms with E-state index in [1.165, 1.54) is 19.8 Å². The first-order valence-corrected chi connectivity index (χ1v) is 4.59. The maximum absolute atomic E-state index is 10.5. The first kappa shape index (κ1) is 9.52. The molecule has 0 bridgehead atoms. The molecule has 70 valence electrons. The summed E-state index contributed by atoms with van der Waals surface area (Å²) < 4.78 is 4.93. The Bertz CT molecular complexity index is 159. The van der Waals surface area contributed by atoms with Crippen LogP contribution in [0.1, 0.15) is 32.6 Å². The van der Waals surface area contributed by atoms with Crippen molar-refractivity contribution in [2.45, 2.75) is 38.6 Å². The van der Waals surface area contributed by atoms with Gasteiger partial charge in [0.15, 0.2) is 0 Å². The molecule has 3 nitrogen and oxygen atoms in total. The Kier molecular flexibility index (Phi) is 3.53. The second kappa shape index (κ2) is 4.45. The van der Waals surface area contributed by atoms with Gasteiger partial charge in [0.2, 0.25) is 0 Å². The number of nitrogens with two attached hydrogens (primary N) is 1.